The Morgan fingerprint density at radius 1 is 1.45 bits per heavy atom. The van der Waals surface area contributed by atoms with Crippen molar-refractivity contribution in [2.75, 3.05) is 19.6 Å². The van der Waals surface area contributed by atoms with Gasteiger partial charge in [-0.3, -0.25) is 14.9 Å². The topological polar surface area (TPSA) is 84.3 Å². The van der Waals surface area contributed by atoms with Crippen LogP contribution in [0.1, 0.15) is 23.2 Å². The molecule has 0 bridgehead atoms. The standard InChI is InChI=1S/C13H16ClN3O3/c14-12-2-1-10(17(19)20)7-11(12)13(18)16-8-9-3-5-15-6-4-9/h1-2,7,9,15H,3-6,8H2,(H,16,18). The average molecular weight is 298 g/mol. The normalized spacial score (nSPS) is 15.8. The maximum atomic E-state index is 12.0. The molecule has 1 aromatic rings. The average Bonchev–Trinajstić information content (AvgIpc) is 2.46. The number of halogens is 1. The predicted octanol–water partition coefficient (Wildman–Crippen LogP) is 1.98. The zero-order valence-corrected chi connectivity index (χ0v) is 11.7. The first-order valence-electron chi connectivity index (χ1n) is 6.51. The SMILES string of the molecule is O=C(NCC1CCNCC1)c1cc([N+](=O)[O-])ccc1Cl. The Balaban J connectivity index is 2.00. The highest BCUT2D eigenvalue weighted by Crippen LogP contribution is 2.22. The Hall–Kier alpha value is -1.66. The van der Waals surface area contributed by atoms with Crippen molar-refractivity contribution in [3.8, 4) is 0 Å². The van der Waals surface area contributed by atoms with E-state index in [-0.39, 0.29) is 22.2 Å². The molecule has 0 aliphatic carbocycles. The molecule has 108 valence electrons. The Bertz CT molecular complexity index is 516. The molecule has 0 saturated carbocycles. The lowest BCUT2D eigenvalue weighted by atomic mass is 9.98. The number of nitrogens with zero attached hydrogens (tertiary/aromatic N) is 1. The fourth-order valence-corrected chi connectivity index (χ4v) is 2.42. The van der Waals surface area contributed by atoms with Crippen molar-refractivity contribution in [2.24, 2.45) is 5.92 Å². The van der Waals surface area contributed by atoms with Gasteiger partial charge in [-0.05, 0) is 37.9 Å². The fraction of sp³-hybridized carbons (Fsp3) is 0.462. The minimum Gasteiger partial charge on any atom is -0.352 e. The summed E-state index contributed by atoms with van der Waals surface area (Å²) < 4.78 is 0. The summed E-state index contributed by atoms with van der Waals surface area (Å²) in [4.78, 5) is 22.2. The Morgan fingerprint density at radius 3 is 2.80 bits per heavy atom. The summed E-state index contributed by atoms with van der Waals surface area (Å²) in [5.41, 5.74) is 0.0104. The van der Waals surface area contributed by atoms with Gasteiger partial charge in [-0.1, -0.05) is 11.6 Å². The number of nitro benzene ring substituents is 1. The molecule has 1 saturated heterocycles. The monoisotopic (exact) mass is 297 g/mol. The molecular formula is C13H16ClN3O3. The molecule has 1 heterocycles. The Labute approximate surface area is 121 Å². The molecule has 20 heavy (non-hydrogen) atoms. The molecule has 0 atom stereocenters. The van der Waals surface area contributed by atoms with Crippen LogP contribution in [-0.4, -0.2) is 30.5 Å². The van der Waals surface area contributed by atoms with E-state index in [2.05, 4.69) is 10.6 Å². The zero-order chi connectivity index (χ0) is 14.5. The third-order valence-electron chi connectivity index (χ3n) is 3.42. The molecule has 1 aliphatic heterocycles. The summed E-state index contributed by atoms with van der Waals surface area (Å²) in [6, 6.07) is 3.87. The molecule has 2 N–H and O–H groups in total. The van der Waals surface area contributed by atoms with Gasteiger partial charge >= 0.3 is 0 Å². The summed E-state index contributed by atoms with van der Waals surface area (Å²) in [5.74, 6) is 0.0786. The van der Waals surface area contributed by atoms with E-state index in [1.807, 2.05) is 0 Å². The highest BCUT2D eigenvalue weighted by atomic mass is 35.5. The van der Waals surface area contributed by atoms with E-state index in [0.717, 1.165) is 25.9 Å². The van der Waals surface area contributed by atoms with E-state index in [4.69, 9.17) is 11.6 Å². The van der Waals surface area contributed by atoms with Gasteiger partial charge in [0.2, 0.25) is 0 Å². The van der Waals surface area contributed by atoms with Crippen LogP contribution >= 0.6 is 11.6 Å². The maximum absolute atomic E-state index is 12.0. The van der Waals surface area contributed by atoms with Crippen LogP contribution in [0.3, 0.4) is 0 Å². The highest BCUT2D eigenvalue weighted by Gasteiger charge is 2.18. The van der Waals surface area contributed by atoms with E-state index in [0.29, 0.717) is 12.5 Å². The van der Waals surface area contributed by atoms with Gasteiger partial charge in [0, 0.05) is 18.7 Å². The van der Waals surface area contributed by atoms with Gasteiger partial charge in [-0.15, -0.1) is 0 Å². The van der Waals surface area contributed by atoms with Crippen LogP contribution < -0.4 is 10.6 Å². The van der Waals surface area contributed by atoms with E-state index in [1.54, 1.807) is 0 Å². The summed E-state index contributed by atoms with van der Waals surface area (Å²) >= 11 is 5.92. The second-order valence-electron chi connectivity index (χ2n) is 4.82. The van der Waals surface area contributed by atoms with Crippen molar-refractivity contribution in [3.05, 3.63) is 38.9 Å². The molecule has 0 spiro atoms. The Kier molecular flexibility index (Phi) is 4.92. The van der Waals surface area contributed by atoms with Crippen molar-refractivity contribution in [1.29, 1.82) is 0 Å². The van der Waals surface area contributed by atoms with Crippen molar-refractivity contribution in [3.63, 3.8) is 0 Å². The van der Waals surface area contributed by atoms with Crippen LogP contribution in [0.15, 0.2) is 18.2 Å². The molecule has 6 nitrogen and oxygen atoms in total. The quantitative estimate of drug-likeness (QED) is 0.657. The van der Waals surface area contributed by atoms with Crippen molar-refractivity contribution < 1.29 is 9.72 Å². The van der Waals surface area contributed by atoms with Crippen molar-refractivity contribution in [1.82, 2.24) is 10.6 Å². The number of piperidine rings is 1. The van der Waals surface area contributed by atoms with Gasteiger partial charge in [0.1, 0.15) is 0 Å². The molecule has 7 heteroatoms. The third kappa shape index (κ3) is 3.68. The zero-order valence-electron chi connectivity index (χ0n) is 10.9. The molecule has 1 fully saturated rings. The third-order valence-corrected chi connectivity index (χ3v) is 3.74. The number of carbonyl (C=O) groups excluding carboxylic acids is 1. The minimum atomic E-state index is -0.542. The first-order valence-corrected chi connectivity index (χ1v) is 6.88. The second-order valence-corrected chi connectivity index (χ2v) is 5.23. The number of non-ortho nitro benzene ring substituents is 1. The molecule has 0 unspecified atom stereocenters. The van der Waals surface area contributed by atoms with E-state index < -0.39 is 4.92 Å². The smallest absolute Gasteiger partial charge is 0.270 e. The molecule has 1 aliphatic rings. The highest BCUT2D eigenvalue weighted by molar-refractivity contribution is 6.33. The lowest BCUT2D eigenvalue weighted by Crippen LogP contribution is -2.36. The largest absolute Gasteiger partial charge is 0.352 e. The molecule has 0 aromatic heterocycles. The summed E-state index contributed by atoms with van der Waals surface area (Å²) in [6.45, 7) is 2.48. The van der Waals surface area contributed by atoms with Gasteiger partial charge in [-0.25, -0.2) is 0 Å². The number of hydrogen-bond donors (Lipinski definition) is 2. The second kappa shape index (κ2) is 6.67. The number of amides is 1. The number of nitro groups is 1. The van der Waals surface area contributed by atoms with Crippen LogP contribution in [-0.2, 0) is 0 Å². The van der Waals surface area contributed by atoms with Crippen LogP contribution in [0.5, 0.6) is 0 Å². The summed E-state index contributed by atoms with van der Waals surface area (Å²) in [7, 11) is 0. The molecule has 0 radical (unpaired) electrons. The van der Waals surface area contributed by atoms with Crippen LogP contribution in [0, 0.1) is 16.0 Å². The Morgan fingerprint density at radius 2 is 2.15 bits per heavy atom. The van der Waals surface area contributed by atoms with E-state index in [9.17, 15) is 14.9 Å². The summed E-state index contributed by atoms with van der Waals surface area (Å²) in [5, 5.41) is 17.0. The van der Waals surface area contributed by atoms with Gasteiger partial charge in [0.05, 0.1) is 15.5 Å². The van der Waals surface area contributed by atoms with Crippen LogP contribution in [0.2, 0.25) is 5.02 Å². The summed E-state index contributed by atoms with van der Waals surface area (Å²) in [6.07, 6.45) is 2.03. The lowest BCUT2D eigenvalue weighted by molar-refractivity contribution is -0.384. The number of rotatable bonds is 4. The fourth-order valence-electron chi connectivity index (χ4n) is 2.22. The molecule has 1 aromatic carbocycles. The number of nitrogens with one attached hydrogen (secondary N) is 2. The first kappa shape index (κ1) is 14.7. The number of benzene rings is 1. The number of carbonyl (C=O) groups is 1. The van der Waals surface area contributed by atoms with E-state index >= 15 is 0 Å². The number of hydrogen-bond acceptors (Lipinski definition) is 4. The lowest BCUT2D eigenvalue weighted by Gasteiger charge is -2.22. The van der Waals surface area contributed by atoms with Crippen molar-refractivity contribution in [2.45, 2.75) is 12.8 Å². The van der Waals surface area contributed by atoms with Gasteiger partial charge < -0.3 is 10.6 Å². The van der Waals surface area contributed by atoms with Crippen molar-refractivity contribution >= 4 is 23.2 Å². The maximum Gasteiger partial charge on any atom is 0.270 e. The van der Waals surface area contributed by atoms with Crippen LogP contribution in [0.4, 0.5) is 5.69 Å². The van der Waals surface area contributed by atoms with E-state index in [1.165, 1.54) is 18.2 Å². The van der Waals surface area contributed by atoms with Gasteiger partial charge in [-0.2, -0.15) is 0 Å². The van der Waals surface area contributed by atoms with Gasteiger partial charge in [0.15, 0.2) is 0 Å². The van der Waals surface area contributed by atoms with Crippen LogP contribution in [0.25, 0.3) is 0 Å². The first-order chi connectivity index (χ1) is 9.58. The molecular weight excluding hydrogens is 282 g/mol. The molecule has 1 amide bonds. The minimum absolute atomic E-state index is 0.138. The predicted molar refractivity (Wildman–Crippen MR) is 76.0 cm³/mol. The molecule has 2 rings (SSSR count). The van der Waals surface area contributed by atoms with Gasteiger partial charge in [0.25, 0.3) is 11.6 Å².